The van der Waals surface area contributed by atoms with E-state index in [9.17, 15) is 9.59 Å². The van der Waals surface area contributed by atoms with Crippen LogP contribution in [0, 0.1) is 0 Å². The van der Waals surface area contributed by atoms with E-state index in [1.54, 1.807) is 7.11 Å². The van der Waals surface area contributed by atoms with E-state index in [-0.39, 0.29) is 11.8 Å². The molecule has 0 atom stereocenters. The lowest BCUT2D eigenvalue weighted by Gasteiger charge is -2.11. The minimum atomic E-state index is -0.0501. The molecule has 1 heterocycles. The van der Waals surface area contributed by atoms with Crippen LogP contribution in [0.25, 0.3) is 0 Å². The van der Waals surface area contributed by atoms with Crippen LogP contribution in [0.3, 0.4) is 0 Å². The molecule has 0 spiro atoms. The fraction of sp³-hybridized carbons (Fsp3) is 0.333. The third kappa shape index (κ3) is 5.48. The summed E-state index contributed by atoms with van der Waals surface area (Å²) in [5.41, 5.74) is 2.65. The normalized spacial score (nSPS) is 13.1. The molecule has 6 heteroatoms. The molecule has 0 radical (unpaired) electrons. The second-order valence-electron chi connectivity index (χ2n) is 6.45. The summed E-state index contributed by atoms with van der Waals surface area (Å²) >= 11 is 0. The molecule has 1 aliphatic heterocycles. The van der Waals surface area contributed by atoms with Crippen molar-refractivity contribution in [2.45, 2.75) is 32.1 Å². The predicted molar refractivity (Wildman–Crippen MR) is 104 cm³/mol. The van der Waals surface area contributed by atoms with Gasteiger partial charge in [-0.05, 0) is 67.3 Å². The number of aryl methyl sites for hydroxylation is 1. The molecule has 0 bridgehead atoms. The zero-order valence-electron chi connectivity index (χ0n) is 15.4. The van der Waals surface area contributed by atoms with Crippen molar-refractivity contribution in [3.05, 3.63) is 48.0 Å². The monoisotopic (exact) mass is 368 g/mol. The molecular formula is C21H24N2O4. The van der Waals surface area contributed by atoms with E-state index in [0.29, 0.717) is 25.9 Å². The maximum Gasteiger partial charge on any atom is 0.224 e. The van der Waals surface area contributed by atoms with Crippen LogP contribution >= 0.6 is 0 Å². The summed E-state index contributed by atoms with van der Waals surface area (Å²) in [7, 11) is 1.62. The number of rotatable bonds is 7. The molecule has 0 aliphatic carbocycles. The van der Waals surface area contributed by atoms with Gasteiger partial charge in [0.2, 0.25) is 11.8 Å². The third-order valence-electron chi connectivity index (χ3n) is 4.39. The van der Waals surface area contributed by atoms with E-state index in [1.807, 2.05) is 42.5 Å². The van der Waals surface area contributed by atoms with Crippen molar-refractivity contribution in [3.63, 3.8) is 0 Å². The highest BCUT2D eigenvalue weighted by atomic mass is 16.5. The summed E-state index contributed by atoms with van der Waals surface area (Å²) in [6.07, 6.45) is 3.18. The maximum absolute atomic E-state index is 12.1. The number of carbonyl (C=O) groups is 2. The number of methoxy groups -OCH3 is 1. The predicted octanol–water partition coefficient (Wildman–Crippen LogP) is 3.77. The average molecular weight is 368 g/mol. The SMILES string of the molecule is COc1ccc(OCCCC(=O)Nc2ccc3c(c2)CCCC(=O)N3)cc1. The van der Waals surface area contributed by atoms with Crippen LogP contribution in [0.1, 0.15) is 31.2 Å². The molecule has 6 nitrogen and oxygen atoms in total. The highest BCUT2D eigenvalue weighted by Gasteiger charge is 2.13. The minimum Gasteiger partial charge on any atom is -0.497 e. The number of anilines is 2. The van der Waals surface area contributed by atoms with E-state index >= 15 is 0 Å². The average Bonchev–Trinajstić information content (AvgIpc) is 2.86. The van der Waals surface area contributed by atoms with Gasteiger partial charge in [0, 0.05) is 24.2 Å². The lowest BCUT2D eigenvalue weighted by atomic mass is 10.1. The first-order chi connectivity index (χ1) is 13.1. The van der Waals surface area contributed by atoms with E-state index < -0.39 is 0 Å². The number of fused-ring (bicyclic) bond motifs is 1. The minimum absolute atomic E-state index is 0.0439. The van der Waals surface area contributed by atoms with Crippen molar-refractivity contribution in [1.29, 1.82) is 0 Å². The quantitative estimate of drug-likeness (QED) is 0.730. The summed E-state index contributed by atoms with van der Waals surface area (Å²) in [6, 6.07) is 13.0. The summed E-state index contributed by atoms with van der Waals surface area (Å²) in [5, 5.41) is 5.81. The first-order valence-corrected chi connectivity index (χ1v) is 9.13. The Labute approximate surface area is 158 Å². The van der Waals surface area contributed by atoms with Crippen LogP contribution in [0.2, 0.25) is 0 Å². The van der Waals surface area contributed by atoms with E-state index in [1.165, 1.54) is 0 Å². The zero-order valence-corrected chi connectivity index (χ0v) is 15.4. The van der Waals surface area contributed by atoms with Crippen LogP contribution in [0.5, 0.6) is 11.5 Å². The number of hydrogen-bond acceptors (Lipinski definition) is 4. The highest BCUT2D eigenvalue weighted by Crippen LogP contribution is 2.25. The first-order valence-electron chi connectivity index (χ1n) is 9.13. The maximum atomic E-state index is 12.1. The molecule has 3 rings (SSSR count). The fourth-order valence-corrected chi connectivity index (χ4v) is 2.97. The van der Waals surface area contributed by atoms with Gasteiger partial charge in [0.1, 0.15) is 11.5 Å². The Morgan fingerprint density at radius 1 is 1.11 bits per heavy atom. The fourth-order valence-electron chi connectivity index (χ4n) is 2.97. The van der Waals surface area contributed by atoms with Gasteiger partial charge in [-0.3, -0.25) is 9.59 Å². The summed E-state index contributed by atoms with van der Waals surface area (Å²) < 4.78 is 10.7. The molecule has 27 heavy (non-hydrogen) atoms. The van der Waals surface area contributed by atoms with Gasteiger partial charge in [0.25, 0.3) is 0 Å². The van der Waals surface area contributed by atoms with Crippen LogP contribution in [0.15, 0.2) is 42.5 Å². The largest absolute Gasteiger partial charge is 0.497 e. The lowest BCUT2D eigenvalue weighted by Crippen LogP contribution is -2.13. The lowest BCUT2D eigenvalue weighted by molar-refractivity contribution is -0.117. The first kappa shape index (κ1) is 18.8. The van der Waals surface area contributed by atoms with Gasteiger partial charge in [-0.1, -0.05) is 0 Å². The number of ether oxygens (including phenoxy) is 2. The second-order valence-corrected chi connectivity index (χ2v) is 6.45. The Kier molecular flexibility index (Phi) is 6.30. The molecule has 0 saturated heterocycles. The van der Waals surface area contributed by atoms with Crippen LogP contribution in [-0.2, 0) is 16.0 Å². The Hall–Kier alpha value is -3.02. The molecule has 0 fully saturated rings. The zero-order chi connectivity index (χ0) is 19.1. The molecule has 0 unspecified atom stereocenters. The van der Waals surface area contributed by atoms with Crippen LogP contribution in [-0.4, -0.2) is 25.5 Å². The Bertz CT molecular complexity index is 802. The number of hydrogen-bond donors (Lipinski definition) is 2. The molecule has 2 aromatic rings. The van der Waals surface area contributed by atoms with Gasteiger partial charge in [-0.2, -0.15) is 0 Å². The molecule has 1 aliphatic rings. The number of nitrogens with one attached hydrogen (secondary N) is 2. The number of carbonyl (C=O) groups excluding carboxylic acids is 2. The van der Waals surface area contributed by atoms with E-state index in [4.69, 9.17) is 9.47 Å². The number of amides is 2. The van der Waals surface area contributed by atoms with Gasteiger partial charge in [0.05, 0.1) is 13.7 Å². The summed E-state index contributed by atoms with van der Waals surface area (Å²) in [6.45, 7) is 0.468. The van der Waals surface area contributed by atoms with Gasteiger partial charge >= 0.3 is 0 Å². The molecule has 2 aromatic carbocycles. The van der Waals surface area contributed by atoms with Crippen molar-refractivity contribution in [2.75, 3.05) is 24.4 Å². The highest BCUT2D eigenvalue weighted by molar-refractivity contribution is 5.94. The molecule has 142 valence electrons. The van der Waals surface area contributed by atoms with Crippen molar-refractivity contribution in [2.24, 2.45) is 0 Å². The summed E-state index contributed by atoms with van der Waals surface area (Å²) in [4.78, 5) is 23.7. The van der Waals surface area contributed by atoms with Gasteiger partial charge in [-0.15, -0.1) is 0 Å². The third-order valence-corrected chi connectivity index (χ3v) is 4.39. The molecule has 0 aromatic heterocycles. The molecule has 2 N–H and O–H groups in total. The van der Waals surface area contributed by atoms with Gasteiger partial charge < -0.3 is 20.1 Å². The standard InChI is InChI=1S/C21H24N2O4/c1-26-17-8-10-18(11-9-17)27-13-3-6-20(24)22-16-7-12-19-15(14-16)4-2-5-21(25)23-19/h7-12,14H,2-6,13H2,1H3,(H,22,24)(H,23,25). The van der Waals surface area contributed by atoms with Crippen molar-refractivity contribution in [1.82, 2.24) is 0 Å². The Balaban J connectivity index is 1.44. The Morgan fingerprint density at radius 3 is 2.67 bits per heavy atom. The Morgan fingerprint density at radius 2 is 1.89 bits per heavy atom. The smallest absolute Gasteiger partial charge is 0.224 e. The molecule has 0 saturated carbocycles. The van der Waals surface area contributed by atoms with E-state index in [0.717, 1.165) is 41.3 Å². The van der Waals surface area contributed by atoms with Crippen LogP contribution in [0.4, 0.5) is 11.4 Å². The topological polar surface area (TPSA) is 76.7 Å². The second kappa shape index (κ2) is 9.07. The van der Waals surface area contributed by atoms with Crippen LogP contribution < -0.4 is 20.1 Å². The van der Waals surface area contributed by atoms with Crippen molar-refractivity contribution in [3.8, 4) is 11.5 Å². The summed E-state index contributed by atoms with van der Waals surface area (Å²) in [5.74, 6) is 1.53. The number of benzene rings is 2. The van der Waals surface area contributed by atoms with E-state index in [2.05, 4.69) is 10.6 Å². The molecular weight excluding hydrogens is 344 g/mol. The van der Waals surface area contributed by atoms with Crippen molar-refractivity contribution < 1.29 is 19.1 Å². The van der Waals surface area contributed by atoms with Crippen molar-refractivity contribution >= 4 is 23.2 Å². The molecule has 2 amide bonds. The van der Waals surface area contributed by atoms with Gasteiger partial charge in [-0.25, -0.2) is 0 Å². The van der Waals surface area contributed by atoms with Gasteiger partial charge in [0.15, 0.2) is 0 Å².